The lowest BCUT2D eigenvalue weighted by atomic mass is 9.88. The third-order valence-corrected chi connectivity index (χ3v) is 7.37. The van der Waals surface area contributed by atoms with Crippen molar-refractivity contribution >= 4 is 32.6 Å². The number of thiazole rings is 1. The van der Waals surface area contributed by atoms with Gasteiger partial charge in [0, 0.05) is 25.0 Å². The number of hydrogen-bond acceptors (Lipinski definition) is 5. The Hall–Kier alpha value is -3.22. The van der Waals surface area contributed by atoms with Gasteiger partial charge in [-0.05, 0) is 36.1 Å². The molecule has 0 spiro atoms. The van der Waals surface area contributed by atoms with Gasteiger partial charge in [-0.2, -0.15) is 0 Å². The topological polar surface area (TPSA) is 51.7 Å². The Morgan fingerprint density at radius 1 is 1.09 bits per heavy atom. The summed E-state index contributed by atoms with van der Waals surface area (Å²) in [6.45, 7) is 1.27. The van der Waals surface area contributed by atoms with E-state index in [4.69, 9.17) is 14.5 Å². The highest BCUT2D eigenvalue weighted by molar-refractivity contribution is 7.22. The highest BCUT2D eigenvalue weighted by Crippen LogP contribution is 2.34. The first-order chi connectivity index (χ1) is 16.7. The number of rotatable bonds is 8. The Kier molecular flexibility index (Phi) is 6.88. The van der Waals surface area contributed by atoms with E-state index in [2.05, 4.69) is 24.3 Å². The van der Waals surface area contributed by atoms with Crippen molar-refractivity contribution in [2.45, 2.75) is 31.3 Å². The maximum atomic E-state index is 13.9. The Balaban J connectivity index is 1.48. The normalized spacial score (nSPS) is 15.6. The molecule has 3 aromatic carbocycles. The number of fused-ring (bicyclic) bond motifs is 1. The van der Waals surface area contributed by atoms with Gasteiger partial charge in [-0.3, -0.25) is 9.69 Å². The number of anilines is 1. The van der Waals surface area contributed by atoms with Crippen molar-refractivity contribution in [1.82, 2.24) is 4.98 Å². The van der Waals surface area contributed by atoms with Crippen molar-refractivity contribution < 1.29 is 14.3 Å². The molecular weight excluding hydrogens is 444 g/mol. The van der Waals surface area contributed by atoms with Crippen molar-refractivity contribution in [2.75, 3.05) is 25.2 Å². The summed E-state index contributed by atoms with van der Waals surface area (Å²) in [5.74, 6) is 0.783. The highest BCUT2D eigenvalue weighted by atomic mass is 32.1. The Morgan fingerprint density at radius 3 is 2.41 bits per heavy atom. The van der Waals surface area contributed by atoms with Gasteiger partial charge in [0.15, 0.2) is 5.13 Å². The third-order valence-electron chi connectivity index (χ3n) is 6.31. The van der Waals surface area contributed by atoms with E-state index in [1.54, 1.807) is 7.11 Å². The predicted molar refractivity (Wildman–Crippen MR) is 137 cm³/mol. The Bertz CT molecular complexity index is 1200. The zero-order valence-corrected chi connectivity index (χ0v) is 20.0. The predicted octanol–water partition coefficient (Wildman–Crippen LogP) is 6.04. The van der Waals surface area contributed by atoms with E-state index in [9.17, 15) is 4.79 Å². The zero-order chi connectivity index (χ0) is 23.3. The van der Waals surface area contributed by atoms with E-state index in [0.29, 0.717) is 18.1 Å². The molecule has 6 heteroatoms. The fourth-order valence-corrected chi connectivity index (χ4v) is 5.47. The molecule has 2 heterocycles. The minimum absolute atomic E-state index is 0.0311. The molecule has 1 aliphatic rings. The molecule has 4 aromatic rings. The molecule has 1 fully saturated rings. The van der Waals surface area contributed by atoms with Crippen molar-refractivity contribution in [1.29, 1.82) is 0 Å². The monoisotopic (exact) mass is 472 g/mol. The largest absolute Gasteiger partial charge is 0.497 e. The zero-order valence-electron chi connectivity index (χ0n) is 19.2. The van der Waals surface area contributed by atoms with Gasteiger partial charge in [-0.15, -0.1) is 0 Å². The molecule has 1 aliphatic heterocycles. The quantitative estimate of drug-likeness (QED) is 0.314. The van der Waals surface area contributed by atoms with E-state index in [-0.39, 0.29) is 17.9 Å². The van der Waals surface area contributed by atoms with E-state index in [1.165, 1.54) is 11.3 Å². The molecule has 1 saturated heterocycles. The van der Waals surface area contributed by atoms with Crippen LogP contribution >= 0.6 is 11.3 Å². The molecule has 0 aliphatic carbocycles. The van der Waals surface area contributed by atoms with Crippen molar-refractivity contribution in [3.05, 3.63) is 90.0 Å². The molecule has 1 atom stereocenters. The summed E-state index contributed by atoms with van der Waals surface area (Å²) in [6.07, 6.45) is 2.39. The number of amides is 1. The number of methoxy groups -OCH3 is 1. The molecule has 1 unspecified atom stereocenters. The van der Waals surface area contributed by atoms with E-state index in [1.807, 2.05) is 59.5 Å². The van der Waals surface area contributed by atoms with E-state index < -0.39 is 0 Å². The van der Waals surface area contributed by atoms with Gasteiger partial charge in [-0.1, -0.05) is 72.0 Å². The molecule has 0 radical (unpaired) electrons. The summed E-state index contributed by atoms with van der Waals surface area (Å²) in [6, 6.07) is 26.4. The third kappa shape index (κ3) is 4.98. The maximum absolute atomic E-state index is 13.9. The first kappa shape index (κ1) is 22.6. The number of carbonyl (C=O) groups is 1. The van der Waals surface area contributed by atoms with Crippen LogP contribution in [0, 0.1) is 0 Å². The lowest BCUT2D eigenvalue weighted by Crippen LogP contribution is -2.38. The summed E-state index contributed by atoms with van der Waals surface area (Å²) in [7, 11) is 1.65. The molecule has 1 aromatic heterocycles. The molecular formula is C28H28N2O3S. The fraction of sp³-hybridized carbons (Fsp3) is 0.286. The second-order valence-electron chi connectivity index (χ2n) is 8.55. The van der Waals surface area contributed by atoms with Gasteiger partial charge in [0.1, 0.15) is 5.75 Å². The van der Waals surface area contributed by atoms with Crippen LogP contribution in [0.4, 0.5) is 5.13 Å². The van der Waals surface area contributed by atoms with Crippen LogP contribution in [0.1, 0.15) is 36.3 Å². The summed E-state index contributed by atoms with van der Waals surface area (Å²) < 4.78 is 12.3. The molecule has 5 nitrogen and oxygen atoms in total. The first-order valence-corrected chi connectivity index (χ1v) is 12.5. The van der Waals surface area contributed by atoms with Crippen LogP contribution in [0.25, 0.3) is 10.2 Å². The number of ether oxygens (including phenoxy) is 2. The van der Waals surface area contributed by atoms with Crippen LogP contribution in [0.15, 0.2) is 78.9 Å². The number of aromatic nitrogens is 1. The second kappa shape index (κ2) is 10.4. The summed E-state index contributed by atoms with van der Waals surface area (Å²) in [5, 5.41) is 0.712. The summed E-state index contributed by atoms with van der Waals surface area (Å²) in [4.78, 5) is 20.6. The fourth-order valence-electron chi connectivity index (χ4n) is 4.50. The Morgan fingerprint density at radius 2 is 1.79 bits per heavy atom. The van der Waals surface area contributed by atoms with Crippen LogP contribution in [-0.4, -0.2) is 37.3 Å². The molecule has 0 saturated carbocycles. The minimum Gasteiger partial charge on any atom is -0.497 e. The van der Waals surface area contributed by atoms with Gasteiger partial charge >= 0.3 is 0 Å². The Labute approximate surface area is 204 Å². The smallest absolute Gasteiger partial charge is 0.229 e. The molecule has 5 rings (SSSR count). The van der Waals surface area contributed by atoms with Crippen LogP contribution < -0.4 is 9.64 Å². The first-order valence-electron chi connectivity index (χ1n) is 11.7. The lowest BCUT2D eigenvalue weighted by molar-refractivity contribution is -0.119. The summed E-state index contributed by atoms with van der Waals surface area (Å²) in [5.41, 5.74) is 3.11. The van der Waals surface area contributed by atoms with Gasteiger partial charge in [0.25, 0.3) is 0 Å². The summed E-state index contributed by atoms with van der Waals surface area (Å²) >= 11 is 1.54. The van der Waals surface area contributed by atoms with Crippen LogP contribution in [0.3, 0.4) is 0 Å². The number of carbonyl (C=O) groups excluding carboxylic acids is 1. The molecule has 0 N–H and O–H groups in total. The molecule has 174 valence electrons. The average Bonchev–Trinajstić information content (AvgIpc) is 3.56. The van der Waals surface area contributed by atoms with E-state index in [0.717, 1.165) is 46.5 Å². The van der Waals surface area contributed by atoms with Crippen molar-refractivity contribution in [3.8, 4) is 5.75 Å². The molecule has 1 amide bonds. The number of nitrogens with zero attached hydrogens (tertiary/aromatic N) is 2. The van der Waals surface area contributed by atoms with Crippen molar-refractivity contribution in [2.24, 2.45) is 0 Å². The van der Waals surface area contributed by atoms with Crippen LogP contribution in [-0.2, 0) is 9.53 Å². The molecule has 34 heavy (non-hydrogen) atoms. The second-order valence-corrected chi connectivity index (χ2v) is 9.56. The SMILES string of the molecule is COc1ccc2sc(N(CC3CCCO3)C(=O)CC(c3ccccc3)c3ccccc3)nc2c1. The standard InChI is InChI=1S/C28H28N2O3S/c1-32-22-14-15-26-25(17-22)29-28(34-26)30(19-23-13-8-16-33-23)27(31)18-24(20-9-4-2-5-10-20)21-11-6-3-7-12-21/h2-7,9-12,14-15,17,23-24H,8,13,16,18-19H2,1H3. The number of benzene rings is 3. The van der Waals surface area contributed by atoms with Gasteiger partial charge < -0.3 is 9.47 Å². The molecule has 0 bridgehead atoms. The van der Waals surface area contributed by atoms with Gasteiger partial charge in [0.05, 0.1) is 30.0 Å². The highest BCUT2D eigenvalue weighted by Gasteiger charge is 2.29. The maximum Gasteiger partial charge on any atom is 0.229 e. The number of hydrogen-bond donors (Lipinski definition) is 0. The van der Waals surface area contributed by atoms with Gasteiger partial charge in [0.2, 0.25) is 5.91 Å². The average molecular weight is 473 g/mol. The van der Waals surface area contributed by atoms with Gasteiger partial charge in [-0.25, -0.2) is 4.98 Å². The van der Waals surface area contributed by atoms with Crippen LogP contribution in [0.5, 0.6) is 5.75 Å². The lowest BCUT2D eigenvalue weighted by Gasteiger charge is -2.26. The minimum atomic E-state index is -0.0311. The van der Waals surface area contributed by atoms with E-state index >= 15 is 0 Å². The van der Waals surface area contributed by atoms with Crippen molar-refractivity contribution in [3.63, 3.8) is 0 Å². The van der Waals surface area contributed by atoms with Crippen LogP contribution in [0.2, 0.25) is 0 Å².